The molecule has 7 heteroatoms. The first-order valence-electron chi connectivity index (χ1n) is 9.99. The number of hydrogen-bond donors (Lipinski definition) is 0. The number of benzene rings is 2. The zero-order valence-electron chi connectivity index (χ0n) is 16.3. The number of carbonyl (C=O) groups excluding carboxylic acids is 1. The van der Waals surface area contributed by atoms with E-state index in [0.717, 1.165) is 43.9 Å². The smallest absolute Gasteiger partial charge is 0.409 e. The van der Waals surface area contributed by atoms with Crippen molar-refractivity contribution in [2.24, 2.45) is 0 Å². The van der Waals surface area contributed by atoms with E-state index >= 15 is 0 Å². The van der Waals surface area contributed by atoms with Crippen molar-refractivity contribution >= 4 is 6.09 Å². The highest BCUT2D eigenvalue weighted by Crippen LogP contribution is 2.30. The molecule has 0 saturated carbocycles. The molecule has 0 atom stereocenters. The quantitative estimate of drug-likeness (QED) is 0.745. The normalized spacial score (nSPS) is 18.4. The summed E-state index contributed by atoms with van der Waals surface area (Å²) in [5, 5.41) is 0. The van der Waals surface area contributed by atoms with E-state index in [0.29, 0.717) is 19.7 Å². The van der Waals surface area contributed by atoms with Gasteiger partial charge in [0.15, 0.2) is 0 Å². The standard InChI is InChI=1S/C22H25F2N3O2/c23-19-5-1-17(2-6-19)21(18-3-7-20(24)8-4-18)26-12-9-25(10-13-26)11-14-27-15-16-29-22(27)28/h1-8,21H,9-16H2. The van der Waals surface area contributed by atoms with Gasteiger partial charge in [0.1, 0.15) is 18.2 Å². The maximum absolute atomic E-state index is 13.4. The van der Waals surface area contributed by atoms with Crippen LogP contribution in [-0.2, 0) is 4.74 Å². The van der Waals surface area contributed by atoms with Crippen LogP contribution in [0.5, 0.6) is 0 Å². The van der Waals surface area contributed by atoms with E-state index in [9.17, 15) is 13.6 Å². The van der Waals surface area contributed by atoms with Crippen molar-refractivity contribution in [3.8, 4) is 0 Å². The van der Waals surface area contributed by atoms with Gasteiger partial charge in [-0.15, -0.1) is 0 Å². The molecule has 154 valence electrons. The number of cyclic esters (lactones) is 1. The first-order valence-corrected chi connectivity index (χ1v) is 9.99. The van der Waals surface area contributed by atoms with Gasteiger partial charge in [-0.3, -0.25) is 9.80 Å². The molecule has 0 aromatic heterocycles. The predicted molar refractivity (Wildman–Crippen MR) is 106 cm³/mol. The van der Waals surface area contributed by atoms with E-state index < -0.39 is 0 Å². The Labute approximate surface area is 169 Å². The third-order valence-electron chi connectivity index (χ3n) is 5.67. The molecule has 2 aliphatic rings. The van der Waals surface area contributed by atoms with Gasteiger partial charge in [-0.05, 0) is 35.4 Å². The van der Waals surface area contributed by atoms with Crippen LogP contribution in [0.3, 0.4) is 0 Å². The van der Waals surface area contributed by atoms with Crippen molar-refractivity contribution in [3.05, 3.63) is 71.3 Å². The average Bonchev–Trinajstić information content (AvgIpc) is 3.15. The van der Waals surface area contributed by atoms with E-state index in [1.807, 2.05) is 0 Å². The molecule has 29 heavy (non-hydrogen) atoms. The highest BCUT2D eigenvalue weighted by molar-refractivity contribution is 5.69. The molecule has 5 nitrogen and oxygen atoms in total. The fraction of sp³-hybridized carbons (Fsp3) is 0.409. The van der Waals surface area contributed by atoms with Crippen LogP contribution in [0.15, 0.2) is 48.5 Å². The fourth-order valence-electron chi connectivity index (χ4n) is 4.04. The van der Waals surface area contributed by atoms with E-state index in [1.165, 1.54) is 24.3 Å². The van der Waals surface area contributed by atoms with Crippen molar-refractivity contribution in [2.45, 2.75) is 6.04 Å². The third kappa shape index (κ3) is 4.74. The molecule has 1 amide bonds. The molecule has 0 bridgehead atoms. The monoisotopic (exact) mass is 401 g/mol. The minimum absolute atomic E-state index is 0.0492. The highest BCUT2D eigenvalue weighted by Gasteiger charge is 2.28. The molecule has 2 aromatic carbocycles. The first-order chi connectivity index (χ1) is 14.1. The zero-order valence-corrected chi connectivity index (χ0v) is 16.3. The number of hydrogen-bond acceptors (Lipinski definition) is 4. The van der Waals surface area contributed by atoms with Gasteiger partial charge in [0.2, 0.25) is 0 Å². The Bertz CT molecular complexity index is 775. The Hall–Kier alpha value is -2.51. The molecule has 2 aromatic rings. The average molecular weight is 401 g/mol. The van der Waals surface area contributed by atoms with E-state index in [2.05, 4.69) is 9.80 Å². The highest BCUT2D eigenvalue weighted by atomic mass is 19.1. The zero-order chi connectivity index (χ0) is 20.2. The summed E-state index contributed by atoms with van der Waals surface area (Å²) in [6.07, 6.45) is -0.226. The lowest BCUT2D eigenvalue weighted by Crippen LogP contribution is -2.49. The SMILES string of the molecule is O=C1OCCN1CCN1CCN(C(c2ccc(F)cc2)c2ccc(F)cc2)CC1. The number of amides is 1. The molecule has 0 N–H and O–H groups in total. The van der Waals surface area contributed by atoms with Crippen LogP contribution in [-0.4, -0.2) is 73.2 Å². The maximum Gasteiger partial charge on any atom is 0.409 e. The molecule has 4 rings (SSSR count). The molecule has 0 spiro atoms. The minimum Gasteiger partial charge on any atom is -0.448 e. The van der Waals surface area contributed by atoms with Crippen molar-refractivity contribution in [1.82, 2.24) is 14.7 Å². The lowest BCUT2D eigenvalue weighted by molar-refractivity contribution is 0.102. The number of nitrogens with zero attached hydrogens (tertiary/aromatic N) is 3. The molecular weight excluding hydrogens is 376 g/mol. The summed E-state index contributed by atoms with van der Waals surface area (Å²) in [5.41, 5.74) is 1.98. The summed E-state index contributed by atoms with van der Waals surface area (Å²) in [5.74, 6) is -0.534. The lowest BCUT2D eigenvalue weighted by Gasteiger charge is -2.40. The van der Waals surface area contributed by atoms with Crippen LogP contribution >= 0.6 is 0 Å². The van der Waals surface area contributed by atoms with Gasteiger partial charge in [0.05, 0.1) is 12.6 Å². The van der Waals surface area contributed by atoms with Crippen molar-refractivity contribution < 1.29 is 18.3 Å². The van der Waals surface area contributed by atoms with Crippen molar-refractivity contribution in [1.29, 1.82) is 0 Å². The second kappa shape index (κ2) is 8.88. The Morgan fingerprint density at radius 3 is 1.83 bits per heavy atom. The minimum atomic E-state index is -0.267. The second-order valence-corrected chi connectivity index (χ2v) is 7.48. The number of carbonyl (C=O) groups is 1. The number of rotatable bonds is 6. The molecule has 2 aliphatic heterocycles. The summed E-state index contributed by atoms with van der Waals surface area (Å²) < 4.78 is 31.8. The largest absolute Gasteiger partial charge is 0.448 e. The van der Waals surface area contributed by atoms with Gasteiger partial charge < -0.3 is 9.64 Å². The van der Waals surface area contributed by atoms with Crippen molar-refractivity contribution in [3.63, 3.8) is 0 Å². The lowest BCUT2D eigenvalue weighted by atomic mass is 9.96. The summed E-state index contributed by atoms with van der Waals surface area (Å²) in [6, 6.07) is 13.0. The van der Waals surface area contributed by atoms with E-state index in [1.54, 1.807) is 29.2 Å². The predicted octanol–water partition coefficient (Wildman–Crippen LogP) is 3.12. The molecule has 2 saturated heterocycles. The third-order valence-corrected chi connectivity index (χ3v) is 5.67. The number of halogens is 2. The van der Waals surface area contributed by atoms with Crippen LogP contribution in [0.2, 0.25) is 0 Å². The maximum atomic E-state index is 13.4. The van der Waals surface area contributed by atoms with Crippen LogP contribution in [0.4, 0.5) is 13.6 Å². The Balaban J connectivity index is 1.42. The molecule has 2 heterocycles. The van der Waals surface area contributed by atoms with Gasteiger partial charge >= 0.3 is 6.09 Å². The Morgan fingerprint density at radius 2 is 1.34 bits per heavy atom. The Morgan fingerprint density at radius 1 is 0.793 bits per heavy atom. The summed E-state index contributed by atoms with van der Waals surface area (Å²) in [4.78, 5) is 18.0. The van der Waals surface area contributed by atoms with Crippen molar-refractivity contribution in [2.75, 3.05) is 52.4 Å². The van der Waals surface area contributed by atoms with Gasteiger partial charge in [-0.2, -0.15) is 0 Å². The van der Waals surface area contributed by atoms with E-state index in [-0.39, 0.29) is 23.8 Å². The van der Waals surface area contributed by atoms with Gasteiger partial charge in [-0.1, -0.05) is 24.3 Å². The van der Waals surface area contributed by atoms with Crippen LogP contribution in [0, 0.1) is 11.6 Å². The van der Waals surface area contributed by atoms with Crippen LogP contribution in [0.25, 0.3) is 0 Å². The Kier molecular flexibility index (Phi) is 6.06. The second-order valence-electron chi connectivity index (χ2n) is 7.48. The van der Waals surface area contributed by atoms with Gasteiger partial charge in [0.25, 0.3) is 0 Å². The van der Waals surface area contributed by atoms with Gasteiger partial charge in [0, 0.05) is 39.3 Å². The summed E-state index contributed by atoms with van der Waals surface area (Å²) in [6.45, 7) is 6.07. The summed E-state index contributed by atoms with van der Waals surface area (Å²) in [7, 11) is 0. The molecule has 0 aliphatic carbocycles. The van der Waals surface area contributed by atoms with Crippen LogP contribution in [0.1, 0.15) is 17.2 Å². The summed E-state index contributed by atoms with van der Waals surface area (Å²) >= 11 is 0. The number of piperazine rings is 1. The molecular formula is C22H25F2N3O2. The van der Waals surface area contributed by atoms with Crippen LogP contribution < -0.4 is 0 Å². The number of ether oxygens (including phenoxy) is 1. The topological polar surface area (TPSA) is 36.0 Å². The van der Waals surface area contributed by atoms with Gasteiger partial charge in [-0.25, -0.2) is 13.6 Å². The fourth-order valence-corrected chi connectivity index (χ4v) is 4.04. The van der Waals surface area contributed by atoms with E-state index in [4.69, 9.17) is 4.74 Å². The first kappa shape index (κ1) is 19.8. The molecule has 0 unspecified atom stereocenters. The molecule has 0 radical (unpaired) electrons. The molecule has 2 fully saturated rings.